The first-order valence-corrected chi connectivity index (χ1v) is 20.2. The number of hydrogen-bond acceptors (Lipinski definition) is 3. The first-order valence-electron chi connectivity index (χ1n) is 20.2. The molecule has 0 N–H and O–H groups in total. The van der Waals surface area contributed by atoms with Gasteiger partial charge in [0.1, 0.15) is 0 Å². The van der Waals surface area contributed by atoms with Gasteiger partial charge in [0.15, 0.2) is 17.5 Å². The maximum Gasteiger partial charge on any atom is 0.164 e. The second-order valence-electron chi connectivity index (χ2n) is 15.5. The molecule has 0 amide bonds. The summed E-state index contributed by atoms with van der Waals surface area (Å²) in [7, 11) is 0. The largest absolute Gasteiger partial charge is 0.208 e. The molecule has 0 fully saturated rings. The average Bonchev–Trinajstić information content (AvgIpc) is 3.61. The second-order valence-corrected chi connectivity index (χ2v) is 15.5. The van der Waals surface area contributed by atoms with Crippen molar-refractivity contribution >= 4 is 32.3 Å². The van der Waals surface area contributed by atoms with Gasteiger partial charge in [-0.15, -0.1) is 0 Å². The second kappa shape index (κ2) is 13.2. The molecule has 0 radical (unpaired) electrons. The molecule has 1 heterocycles. The van der Waals surface area contributed by atoms with Crippen molar-refractivity contribution in [1.29, 1.82) is 0 Å². The third-order valence-electron chi connectivity index (χ3n) is 12.3. The van der Waals surface area contributed by atoms with E-state index in [1.807, 2.05) is 36.4 Å². The molecule has 3 nitrogen and oxygen atoms in total. The van der Waals surface area contributed by atoms with Crippen LogP contribution in [0.4, 0.5) is 0 Å². The summed E-state index contributed by atoms with van der Waals surface area (Å²) in [6.45, 7) is 0. The third kappa shape index (κ3) is 5.11. The summed E-state index contributed by atoms with van der Waals surface area (Å²) in [4.78, 5) is 15.3. The minimum Gasteiger partial charge on any atom is -0.208 e. The number of aromatic nitrogens is 3. The van der Waals surface area contributed by atoms with Crippen LogP contribution in [0.15, 0.2) is 212 Å². The van der Waals surface area contributed by atoms with Crippen molar-refractivity contribution in [2.45, 2.75) is 5.41 Å². The van der Waals surface area contributed by atoms with E-state index < -0.39 is 5.41 Å². The summed E-state index contributed by atoms with van der Waals surface area (Å²) >= 11 is 0. The van der Waals surface area contributed by atoms with Gasteiger partial charge >= 0.3 is 0 Å². The molecule has 0 atom stereocenters. The molecule has 12 rings (SSSR count). The zero-order valence-electron chi connectivity index (χ0n) is 32.0. The zero-order valence-corrected chi connectivity index (χ0v) is 32.0. The van der Waals surface area contributed by atoms with Crippen molar-refractivity contribution < 1.29 is 0 Å². The summed E-state index contributed by atoms with van der Waals surface area (Å²) in [6.07, 6.45) is 0. The average molecular weight is 750 g/mol. The van der Waals surface area contributed by atoms with Gasteiger partial charge in [-0.2, -0.15) is 0 Å². The molecule has 10 aromatic carbocycles. The molecule has 3 heteroatoms. The molecule has 0 aliphatic heterocycles. The smallest absolute Gasteiger partial charge is 0.164 e. The van der Waals surface area contributed by atoms with Crippen LogP contribution in [0.25, 0.3) is 88.7 Å². The van der Waals surface area contributed by atoms with Crippen molar-refractivity contribution in [3.63, 3.8) is 0 Å². The van der Waals surface area contributed by atoms with Crippen molar-refractivity contribution in [2.75, 3.05) is 0 Å². The standard InChI is InChI=1S/C56H35N3/c1-5-14-39(15-6-1)53-57-54(40-16-7-2-8-17-40)59-55(58-53)42-28-31-46-48-34-41(45-30-26-38-25-24-36-18-13-19-37-27-32-47(45)52(38)51(36)37)29-33-49(48)56(50(46)35-42,43-20-9-3-10-21-43)44-22-11-4-12-23-44/h1-35H. The SMILES string of the molecule is c1ccc(-c2nc(-c3ccccc3)nc(-c3ccc4c(c3)C(c3ccccc3)(c3ccccc3)c3ccc(-c5ccc6ccc7cccc8ccc5c6c78)cc3-4)n2)cc1. The topological polar surface area (TPSA) is 38.7 Å². The summed E-state index contributed by atoms with van der Waals surface area (Å²) in [5.41, 5.74) is 12.0. The van der Waals surface area contributed by atoms with Gasteiger partial charge in [0, 0.05) is 16.7 Å². The molecule has 1 aliphatic rings. The van der Waals surface area contributed by atoms with Crippen LogP contribution in [0.1, 0.15) is 22.3 Å². The Balaban J connectivity index is 1.11. The number of fused-ring (bicyclic) bond motifs is 3. The minimum atomic E-state index is -0.595. The molecular weight excluding hydrogens is 715 g/mol. The third-order valence-corrected chi connectivity index (χ3v) is 12.3. The minimum absolute atomic E-state index is 0.595. The summed E-state index contributed by atoms with van der Waals surface area (Å²) in [5, 5.41) is 7.75. The fraction of sp³-hybridized carbons (Fsp3) is 0.0179. The van der Waals surface area contributed by atoms with E-state index in [4.69, 9.17) is 15.0 Å². The van der Waals surface area contributed by atoms with Crippen LogP contribution in [0.5, 0.6) is 0 Å². The fourth-order valence-electron chi connectivity index (χ4n) is 9.72. The quantitative estimate of drug-likeness (QED) is 0.159. The van der Waals surface area contributed by atoms with Gasteiger partial charge in [0.2, 0.25) is 0 Å². The molecule has 274 valence electrons. The molecule has 1 aliphatic carbocycles. The van der Waals surface area contributed by atoms with E-state index in [0.29, 0.717) is 17.5 Å². The first kappa shape index (κ1) is 33.4. The van der Waals surface area contributed by atoms with Crippen LogP contribution in [0.2, 0.25) is 0 Å². The summed E-state index contributed by atoms with van der Waals surface area (Å²) in [5.74, 6) is 1.93. The van der Waals surface area contributed by atoms with Gasteiger partial charge in [-0.3, -0.25) is 0 Å². The highest BCUT2D eigenvalue weighted by atomic mass is 15.0. The number of nitrogens with zero attached hydrogens (tertiary/aromatic N) is 3. The Morgan fingerprint density at radius 3 is 1.39 bits per heavy atom. The Morgan fingerprint density at radius 1 is 0.288 bits per heavy atom. The number of rotatable bonds is 6. The maximum atomic E-state index is 5.16. The van der Waals surface area contributed by atoms with Crippen LogP contribution in [0, 0.1) is 0 Å². The van der Waals surface area contributed by atoms with Crippen molar-refractivity contribution in [3.05, 3.63) is 235 Å². The predicted molar refractivity (Wildman–Crippen MR) is 243 cm³/mol. The number of benzene rings is 10. The molecule has 0 saturated heterocycles. The Morgan fingerprint density at radius 2 is 0.780 bits per heavy atom. The van der Waals surface area contributed by atoms with Gasteiger partial charge in [0.25, 0.3) is 0 Å². The molecule has 1 aromatic heterocycles. The van der Waals surface area contributed by atoms with E-state index in [9.17, 15) is 0 Å². The monoisotopic (exact) mass is 749 g/mol. The molecule has 0 spiro atoms. The van der Waals surface area contributed by atoms with E-state index in [1.165, 1.54) is 76.8 Å². The van der Waals surface area contributed by atoms with E-state index in [0.717, 1.165) is 16.7 Å². The summed E-state index contributed by atoms with van der Waals surface area (Å²) in [6, 6.07) is 76.6. The van der Waals surface area contributed by atoms with Crippen LogP contribution >= 0.6 is 0 Å². The molecular formula is C56H35N3. The first-order chi connectivity index (χ1) is 29.2. The lowest BCUT2D eigenvalue weighted by Crippen LogP contribution is -2.28. The number of hydrogen-bond donors (Lipinski definition) is 0. The Bertz CT molecular complexity index is 3250. The Kier molecular flexibility index (Phi) is 7.45. The van der Waals surface area contributed by atoms with Gasteiger partial charge in [-0.25, -0.2) is 15.0 Å². The predicted octanol–water partition coefficient (Wildman–Crippen LogP) is 13.8. The Hall–Kier alpha value is -7.75. The normalized spacial score (nSPS) is 12.9. The van der Waals surface area contributed by atoms with Crippen molar-refractivity contribution in [1.82, 2.24) is 15.0 Å². The van der Waals surface area contributed by atoms with Gasteiger partial charge in [-0.1, -0.05) is 200 Å². The lowest BCUT2D eigenvalue weighted by Gasteiger charge is -2.34. The van der Waals surface area contributed by atoms with Gasteiger partial charge in [0.05, 0.1) is 5.41 Å². The highest BCUT2D eigenvalue weighted by Crippen LogP contribution is 2.57. The summed E-state index contributed by atoms with van der Waals surface area (Å²) < 4.78 is 0. The molecule has 0 unspecified atom stereocenters. The van der Waals surface area contributed by atoms with Gasteiger partial charge in [-0.05, 0) is 89.0 Å². The molecule has 0 saturated carbocycles. The highest BCUT2D eigenvalue weighted by Gasteiger charge is 2.46. The zero-order chi connectivity index (χ0) is 38.9. The van der Waals surface area contributed by atoms with Gasteiger partial charge < -0.3 is 0 Å². The van der Waals surface area contributed by atoms with E-state index in [1.54, 1.807) is 0 Å². The maximum absolute atomic E-state index is 5.16. The molecule has 11 aromatic rings. The van der Waals surface area contributed by atoms with Crippen LogP contribution < -0.4 is 0 Å². The Labute approximate surface area is 342 Å². The lowest BCUT2D eigenvalue weighted by molar-refractivity contribution is 0.768. The van der Waals surface area contributed by atoms with Crippen molar-refractivity contribution in [3.8, 4) is 56.4 Å². The lowest BCUT2D eigenvalue weighted by atomic mass is 9.67. The fourth-order valence-corrected chi connectivity index (χ4v) is 9.72. The van der Waals surface area contributed by atoms with E-state index in [2.05, 4.69) is 176 Å². The van der Waals surface area contributed by atoms with E-state index in [-0.39, 0.29) is 0 Å². The molecule has 0 bridgehead atoms. The van der Waals surface area contributed by atoms with E-state index >= 15 is 0 Å². The van der Waals surface area contributed by atoms with Crippen LogP contribution in [-0.2, 0) is 5.41 Å². The highest BCUT2D eigenvalue weighted by molar-refractivity contribution is 6.25. The van der Waals surface area contributed by atoms with Crippen molar-refractivity contribution in [2.24, 2.45) is 0 Å². The van der Waals surface area contributed by atoms with Crippen LogP contribution in [0.3, 0.4) is 0 Å². The van der Waals surface area contributed by atoms with Crippen LogP contribution in [-0.4, -0.2) is 15.0 Å². The molecule has 59 heavy (non-hydrogen) atoms.